The van der Waals surface area contributed by atoms with E-state index in [1.807, 2.05) is 19.1 Å². The minimum absolute atomic E-state index is 0.208. The zero-order valence-corrected chi connectivity index (χ0v) is 12.9. The first-order valence-corrected chi connectivity index (χ1v) is 7.47. The Balaban J connectivity index is 1.83. The van der Waals surface area contributed by atoms with Crippen molar-refractivity contribution in [2.45, 2.75) is 13.2 Å². The van der Waals surface area contributed by atoms with Crippen LogP contribution in [-0.2, 0) is 9.47 Å². The highest BCUT2D eigenvalue weighted by atomic mass is 16.7. The van der Waals surface area contributed by atoms with Gasteiger partial charge in [-0.05, 0) is 29.1 Å². The lowest BCUT2D eigenvalue weighted by Crippen LogP contribution is -2.15. The monoisotopic (exact) mass is 296 g/mol. The van der Waals surface area contributed by atoms with E-state index in [-0.39, 0.29) is 6.29 Å². The van der Waals surface area contributed by atoms with E-state index >= 15 is 0 Å². The zero-order chi connectivity index (χ0) is 15.4. The molecule has 3 rings (SSSR count). The number of hydrogen-bond donors (Lipinski definition) is 0. The van der Waals surface area contributed by atoms with Gasteiger partial charge in [0.05, 0.1) is 6.61 Å². The molecule has 0 aromatic heterocycles. The molecule has 0 saturated carbocycles. The van der Waals surface area contributed by atoms with Crippen LogP contribution in [0, 0.1) is 0 Å². The quantitative estimate of drug-likeness (QED) is 0.384. The molecule has 3 aromatic rings. The van der Waals surface area contributed by atoms with Crippen LogP contribution in [0.1, 0.15) is 6.92 Å². The molecule has 0 bridgehead atoms. The van der Waals surface area contributed by atoms with Gasteiger partial charge in [-0.1, -0.05) is 48.5 Å². The summed E-state index contributed by atoms with van der Waals surface area (Å²) in [6, 6.07) is 18.8. The molecule has 0 aliphatic heterocycles. The molecule has 0 fully saturated rings. The van der Waals surface area contributed by atoms with Gasteiger partial charge in [0.25, 0.3) is 0 Å². The molecule has 0 aliphatic carbocycles. The zero-order valence-electron chi connectivity index (χ0n) is 12.9. The van der Waals surface area contributed by atoms with Gasteiger partial charge in [-0.15, -0.1) is 0 Å². The second-order valence-electron chi connectivity index (χ2n) is 5.16. The molecule has 114 valence electrons. The average Bonchev–Trinajstić information content (AvgIpc) is 2.58. The topological polar surface area (TPSA) is 27.7 Å². The summed E-state index contributed by atoms with van der Waals surface area (Å²) in [5.74, 6) is 0.886. The van der Waals surface area contributed by atoms with Crippen LogP contribution in [0.2, 0.25) is 0 Å². The van der Waals surface area contributed by atoms with Crippen LogP contribution in [0.4, 0.5) is 0 Å². The fourth-order valence-corrected chi connectivity index (χ4v) is 2.57. The van der Waals surface area contributed by atoms with Gasteiger partial charge in [0.1, 0.15) is 12.4 Å². The molecule has 0 amide bonds. The average molecular weight is 296 g/mol. The van der Waals surface area contributed by atoms with Crippen molar-refractivity contribution in [3.63, 3.8) is 0 Å². The van der Waals surface area contributed by atoms with E-state index in [1.165, 1.54) is 16.2 Å². The SMILES string of the molecule is COC(C)OCCOc1cccc2c1ccc1ccccc12. The van der Waals surface area contributed by atoms with Crippen LogP contribution in [0.25, 0.3) is 21.5 Å². The fourth-order valence-electron chi connectivity index (χ4n) is 2.57. The number of hydrogen-bond acceptors (Lipinski definition) is 3. The van der Waals surface area contributed by atoms with Crippen molar-refractivity contribution in [1.82, 2.24) is 0 Å². The summed E-state index contributed by atoms with van der Waals surface area (Å²) in [5, 5.41) is 4.82. The summed E-state index contributed by atoms with van der Waals surface area (Å²) in [6.07, 6.45) is -0.208. The van der Waals surface area contributed by atoms with Gasteiger partial charge in [-0.3, -0.25) is 0 Å². The molecule has 0 saturated heterocycles. The predicted octanol–water partition coefficient (Wildman–Crippen LogP) is 4.38. The number of ether oxygens (including phenoxy) is 3. The Bertz CT molecular complexity index is 767. The van der Waals surface area contributed by atoms with Crippen LogP contribution in [0.15, 0.2) is 54.6 Å². The minimum Gasteiger partial charge on any atom is -0.491 e. The summed E-state index contributed by atoms with van der Waals surface area (Å²) in [5.41, 5.74) is 0. The maximum atomic E-state index is 5.88. The van der Waals surface area contributed by atoms with E-state index < -0.39 is 0 Å². The molecule has 0 N–H and O–H groups in total. The number of methoxy groups -OCH3 is 1. The minimum atomic E-state index is -0.208. The van der Waals surface area contributed by atoms with Gasteiger partial charge in [0, 0.05) is 12.5 Å². The molecule has 0 aliphatic rings. The summed E-state index contributed by atoms with van der Waals surface area (Å²) in [4.78, 5) is 0. The Hall–Kier alpha value is -2.10. The Labute approximate surface area is 130 Å². The molecule has 22 heavy (non-hydrogen) atoms. The van der Waals surface area contributed by atoms with E-state index in [4.69, 9.17) is 14.2 Å². The van der Waals surface area contributed by atoms with Gasteiger partial charge in [0.2, 0.25) is 0 Å². The van der Waals surface area contributed by atoms with Gasteiger partial charge >= 0.3 is 0 Å². The number of fused-ring (bicyclic) bond motifs is 3. The molecule has 1 unspecified atom stereocenters. The highest BCUT2D eigenvalue weighted by Gasteiger charge is 2.06. The third kappa shape index (κ3) is 3.06. The lowest BCUT2D eigenvalue weighted by molar-refractivity contribution is -0.115. The van der Waals surface area contributed by atoms with E-state index in [0.29, 0.717) is 13.2 Å². The second-order valence-corrected chi connectivity index (χ2v) is 5.16. The highest BCUT2D eigenvalue weighted by molar-refractivity contribution is 6.09. The van der Waals surface area contributed by atoms with Gasteiger partial charge in [-0.2, -0.15) is 0 Å². The molecule has 0 heterocycles. The fraction of sp³-hybridized carbons (Fsp3) is 0.263. The van der Waals surface area contributed by atoms with Crippen molar-refractivity contribution in [2.24, 2.45) is 0 Å². The van der Waals surface area contributed by atoms with E-state index in [1.54, 1.807) is 7.11 Å². The lowest BCUT2D eigenvalue weighted by atomic mass is 10.0. The summed E-state index contributed by atoms with van der Waals surface area (Å²) < 4.78 is 16.4. The van der Waals surface area contributed by atoms with E-state index in [2.05, 4.69) is 42.5 Å². The second kappa shape index (κ2) is 6.77. The first-order chi connectivity index (χ1) is 10.8. The molecule has 3 nitrogen and oxygen atoms in total. The Morgan fingerprint density at radius 1 is 0.818 bits per heavy atom. The third-order valence-electron chi connectivity index (χ3n) is 3.77. The van der Waals surface area contributed by atoms with E-state index in [9.17, 15) is 0 Å². The van der Waals surface area contributed by atoms with Crippen LogP contribution in [0.5, 0.6) is 5.75 Å². The number of rotatable bonds is 6. The largest absolute Gasteiger partial charge is 0.491 e. The standard InChI is InChI=1S/C19H20O3/c1-14(20-2)21-12-13-22-19-9-5-8-17-16-7-4-3-6-15(16)10-11-18(17)19/h3-11,14H,12-13H2,1-2H3. The maximum absolute atomic E-state index is 5.88. The smallest absolute Gasteiger partial charge is 0.154 e. The lowest BCUT2D eigenvalue weighted by Gasteiger charge is -2.13. The van der Waals surface area contributed by atoms with Crippen molar-refractivity contribution >= 4 is 21.5 Å². The molecule has 0 spiro atoms. The van der Waals surface area contributed by atoms with Crippen molar-refractivity contribution in [3.05, 3.63) is 54.6 Å². The predicted molar refractivity (Wildman–Crippen MR) is 89.4 cm³/mol. The Morgan fingerprint density at radius 2 is 1.64 bits per heavy atom. The maximum Gasteiger partial charge on any atom is 0.154 e. The highest BCUT2D eigenvalue weighted by Crippen LogP contribution is 2.31. The molecular formula is C19H20O3. The van der Waals surface area contributed by atoms with Crippen LogP contribution in [-0.4, -0.2) is 26.6 Å². The summed E-state index contributed by atoms with van der Waals surface area (Å²) >= 11 is 0. The van der Waals surface area contributed by atoms with Crippen LogP contribution < -0.4 is 4.74 Å². The first-order valence-electron chi connectivity index (χ1n) is 7.47. The summed E-state index contributed by atoms with van der Waals surface area (Å²) in [6.45, 7) is 2.86. The molecule has 0 radical (unpaired) electrons. The van der Waals surface area contributed by atoms with Gasteiger partial charge < -0.3 is 14.2 Å². The van der Waals surface area contributed by atoms with Crippen molar-refractivity contribution in [2.75, 3.05) is 20.3 Å². The van der Waals surface area contributed by atoms with Crippen molar-refractivity contribution < 1.29 is 14.2 Å². The summed E-state index contributed by atoms with van der Waals surface area (Å²) in [7, 11) is 1.63. The molecular weight excluding hydrogens is 276 g/mol. The van der Waals surface area contributed by atoms with Gasteiger partial charge in [0.15, 0.2) is 6.29 Å². The first kappa shape index (κ1) is 14.8. The van der Waals surface area contributed by atoms with Crippen LogP contribution in [0.3, 0.4) is 0 Å². The Kier molecular flexibility index (Phi) is 4.56. The van der Waals surface area contributed by atoms with Crippen molar-refractivity contribution in [1.29, 1.82) is 0 Å². The van der Waals surface area contributed by atoms with E-state index in [0.717, 1.165) is 11.1 Å². The molecule has 1 atom stereocenters. The van der Waals surface area contributed by atoms with Gasteiger partial charge in [-0.25, -0.2) is 0 Å². The van der Waals surface area contributed by atoms with Crippen LogP contribution >= 0.6 is 0 Å². The Morgan fingerprint density at radius 3 is 2.50 bits per heavy atom. The van der Waals surface area contributed by atoms with Crippen molar-refractivity contribution in [3.8, 4) is 5.75 Å². The molecule has 3 aromatic carbocycles. The normalized spacial score (nSPS) is 12.6. The number of benzene rings is 3. The third-order valence-corrected chi connectivity index (χ3v) is 3.77. The molecule has 3 heteroatoms.